The molecule has 0 aliphatic rings. The minimum Gasteiger partial charge on any atom is -0.480 e. The van der Waals surface area contributed by atoms with E-state index < -0.39 is 18.0 Å². The second kappa shape index (κ2) is 9.57. The van der Waals surface area contributed by atoms with Crippen molar-refractivity contribution >= 4 is 12.0 Å². The lowest BCUT2D eigenvalue weighted by Gasteiger charge is -2.26. The molecule has 0 bridgehead atoms. The van der Waals surface area contributed by atoms with E-state index in [1.54, 1.807) is 12.0 Å². The lowest BCUT2D eigenvalue weighted by Crippen LogP contribution is -2.51. The van der Waals surface area contributed by atoms with E-state index in [0.717, 1.165) is 0 Å². The van der Waals surface area contributed by atoms with Crippen molar-refractivity contribution in [3.63, 3.8) is 0 Å². The van der Waals surface area contributed by atoms with Crippen LogP contribution in [-0.2, 0) is 14.3 Å². The van der Waals surface area contributed by atoms with Crippen LogP contribution in [0.5, 0.6) is 0 Å². The van der Waals surface area contributed by atoms with E-state index >= 15 is 0 Å². The Balaban J connectivity index is 4.54. The smallest absolute Gasteiger partial charge is 0.328 e. The molecular weight excluding hydrogens is 252 g/mol. The number of carboxylic acids is 1. The van der Waals surface area contributed by atoms with E-state index in [1.165, 1.54) is 7.11 Å². The fraction of sp³-hybridized carbons (Fsp3) is 0.833. The summed E-state index contributed by atoms with van der Waals surface area (Å²) in [5.74, 6) is -0.834. The first-order valence-electron chi connectivity index (χ1n) is 6.18. The zero-order valence-electron chi connectivity index (χ0n) is 12.0. The molecule has 1 atom stereocenters. The van der Waals surface area contributed by atoms with Crippen LogP contribution in [0.25, 0.3) is 0 Å². The first-order valence-corrected chi connectivity index (χ1v) is 6.18. The molecule has 1 unspecified atom stereocenters. The van der Waals surface area contributed by atoms with Crippen LogP contribution in [0, 0.1) is 5.92 Å². The SMILES string of the molecule is COCCN(CC(C)C)C(=O)NC(COC)C(=O)O. The van der Waals surface area contributed by atoms with Gasteiger partial charge in [0.2, 0.25) is 0 Å². The third-order valence-electron chi connectivity index (χ3n) is 2.37. The van der Waals surface area contributed by atoms with Crippen molar-refractivity contribution in [3.05, 3.63) is 0 Å². The summed E-state index contributed by atoms with van der Waals surface area (Å²) in [7, 11) is 2.94. The van der Waals surface area contributed by atoms with Crippen molar-refractivity contribution < 1.29 is 24.2 Å². The normalized spacial score (nSPS) is 12.3. The zero-order chi connectivity index (χ0) is 14.8. The quantitative estimate of drug-likeness (QED) is 0.636. The molecule has 0 aromatic carbocycles. The average molecular weight is 276 g/mol. The van der Waals surface area contributed by atoms with Crippen molar-refractivity contribution in [2.45, 2.75) is 19.9 Å². The van der Waals surface area contributed by atoms with Gasteiger partial charge in [-0.3, -0.25) is 0 Å². The monoisotopic (exact) mass is 276 g/mol. The van der Waals surface area contributed by atoms with E-state index in [0.29, 0.717) is 19.7 Å². The number of carboxylic acid groups (broad SMARTS) is 1. The minimum absolute atomic E-state index is 0.0686. The number of amides is 2. The predicted octanol–water partition coefficient (Wildman–Crippen LogP) is 0.400. The number of carbonyl (C=O) groups is 2. The number of urea groups is 1. The van der Waals surface area contributed by atoms with Gasteiger partial charge in [0.15, 0.2) is 6.04 Å². The number of nitrogens with one attached hydrogen (secondary N) is 1. The Bertz CT molecular complexity index is 283. The summed E-state index contributed by atoms with van der Waals surface area (Å²) >= 11 is 0. The van der Waals surface area contributed by atoms with Gasteiger partial charge in [-0.2, -0.15) is 0 Å². The number of ether oxygens (including phenoxy) is 2. The first kappa shape index (κ1) is 17.7. The molecule has 2 amide bonds. The third kappa shape index (κ3) is 7.63. The number of hydrogen-bond acceptors (Lipinski definition) is 4. The van der Waals surface area contributed by atoms with Gasteiger partial charge in [-0.15, -0.1) is 0 Å². The van der Waals surface area contributed by atoms with Crippen molar-refractivity contribution in [1.82, 2.24) is 10.2 Å². The summed E-state index contributed by atoms with van der Waals surface area (Å²) in [6.45, 7) is 5.26. The summed E-state index contributed by atoms with van der Waals surface area (Å²) < 4.78 is 9.71. The van der Waals surface area contributed by atoms with Crippen molar-refractivity contribution in [2.24, 2.45) is 5.92 Å². The molecule has 0 radical (unpaired) electrons. The van der Waals surface area contributed by atoms with Gasteiger partial charge in [-0.25, -0.2) is 9.59 Å². The van der Waals surface area contributed by atoms with Gasteiger partial charge in [0.1, 0.15) is 0 Å². The molecule has 0 aliphatic carbocycles. The van der Waals surface area contributed by atoms with Gasteiger partial charge in [0.25, 0.3) is 0 Å². The van der Waals surface area contributed by atoms with Gasteiger partial charge in [0, 0.05) is 27.3 Å². The Morgan fingerprint density at radius 2 is 1.89 bits per heavy atom. The number of rotatable bonds is 9. The van der Waals surface area contributed by atoms with Crippen molar-refractivity contribution in [2.75, 3.05) is 40.5 Å². The van der Waals surface area contributed by atoms with Crippen LogP contribution in [0.4, 0.5) is 4.79 Å². The second-order valence-electron chi connectivity index (χ2n) is 4.63. The lowest BCUT2D eigenvalue weighted by molar-refractivity contribution is -0.140. The molecule has 2 N–H and O–H groups in total. The molecule has 7 nitrogen and oxygen atoms in total. The Kier molecular flexibility index (Phi) is 8.90. The third-order valence-corrected chi connectivity index (χ3v) is 2.37. The fourth-order valence-electron chi connectivity index (χ4n) is 1.50. The lowest BCUT2D eigenvalue weighted by atomic mass is 10.2. The highest BCUT2D eigenvalue weighted by atomic mass is 16.5. The van der Waals surface area contributed by atoms with Crippen LogP contribution in [0.15, 0.2) is 0 Å². The standard InChI is InChI=1S/C12H24N2O5/c1-9(2)7-14(5-6-18-3)12(17)13-10(8-19-4)11(15)16/h9-10H,5-8H2,1-4H3,(H,13,17)(H,15,16). The summed E-state index contributed by atoms with van der Waals surface area (Å²) in [6.07, 6.45) is 0. The van der Waals surface area contributed by atoms with Gasteiger partial charge in [-0.1, -0.05) is 13.8 Å². The number of methoxy groups -OCH3 is 2. The molecule has 0 heterocycles. The zero-order valence-corrected chi connectivity index (χ0v) is 12.0. The molecular formula is C12H24N2O5. The molecule has 0 aliphatic heterocycles. The molecule has 0 aromatic heterocycles. The highest BCUT2D eigenvalue weighted by Gasteiger charge is 2.23. The summed E-state index contributed by atoms with van der Waals surface area (Å²) in [5, 5.41) is 11.4. The van der Waals surface area contributed by atoms with Crippen molar-refractivity contribution in [1.29, 1.82) is 0 Å². The van der Waals surface area contributed by atoms with E-state index in [4.69, 9.17) is 14.6 Å². The van der Waals surface area contributed by atoms with E-state index in [9.17, 15) is 9.59 Å². The summed E-state index contributed by atoms with van der Waals surface area (Å²) in [5.41, 5.74) is 0. The average Bonchev–Trinajstić information content (AvgIpc) is 2.33. The second-order valence-corrected chi connectivity index (χ2v) is 4.63. The fourth-order valence-corrected chi connectivity index (χ4v) is 1.50. The van der Waals surface area contributed by atoms with Crippen LogP contribution in [-0.4, -0.2) is 68.6 Å². The summed E-state index contributed by atoms with van der Waals surface area (Å²) in [4.78, 5) is 24.5. The topological polar surface area (TPSA) is 88.1 Å². The molecule has 0 saturated carbocycles. The Hall–Kier alpha value is -1.34. The van der Waals surface area contributed by atoms with E-state index in [-0.39, 0.29) is 12.5 Å². The molecule has 112 valence electrons. The maximum atomic E-state index is 12.0. The summed E-state index contributed by atoms with van der Waals surface area (Å²) in [6, 6.07) is -1.47. The molecule has 7 heteroatoms. The van der Waals surface area contributed by atoms with Gasteiger partial charge >= 0.3 is 12.0 Å². The van der Waals surface area contributed by atoms with E-state index in [2.05, 4.69) is 5.32 Å². The molecule has 19 heavy (non-hydrogen) atoms. The Morgan fingerprint density at radius 3 is 2.32 bits per heavy atom. The van der Waals surface area contributed by atoms with Crippen LogP contribution >= 0.6 is 0 Å². The van der Waals surface area contributed by atoms with Crippen LogP contribution in [0.3, 0.4) is 0 Å². The highest BCUT2D eigenvalue weighted by Crippen LogP contribution is 2.00. The van der Waals surface area contributed by atoms with Gasteiger partial charge < -0.3 is 24.8 Å². The minimum atomic E-state index is -1.12. The number of nitrogens with zero attached hydrogens (tertiary/aromatic N) is 1. The maximum Gasteiger partial charge on any atom is 0.328 e. The van der Waals surface area contributed by atoms with Gasteiger partial charge in [-0.05, 0) is 5.92 Å². The number of hydrogen-bond donors (Lipinski definition) is 2. The number of carbonyl (C=O) groups excluding carboxylic acids is 1. The van der Waals surface area contributed by atoms with E-state index in [1.807, 2.05) is 13.8 Å². The Labute approximate surface area is 113 Å². The first-order chi connectivity index (χ1) is 8.92. The highest BCUT2D eigenvalue weighted by molar-refractivity contribution is 5.82. The Morgan fingerprint density at radius 1 is 1.26 bits per heavy atom. The molecule has 0 rings (SSSR count). The number of aliphatic carboxylic acids is 1. The predicted molar refractivity (Wildman–Crippen MR) is 70.1 cm³/mol. The molecule has 0 saturated heterocycles. The van der Waals surface area contributed by atoms with Crippen molar-refractivity contribution in [3.8, 4) is 0 Å². The van der Waals surface area contributed by atoms with Gasteiger partial charge in [0.05, 0.1) is 13.2 Å². The van der Waals surface area contributed by atoms with Crippen LogP contribution in [0.1, 0.15) is 13.8 Å². The molecule has 0 fully saturated rings. The van der Waals surface area contributed by atoms with Crippen LogP contribution in [0.2, 0.25) is 0 Å². The molecule has 0 aromatic rings. The van der Waals surface area contributed by atoms with Crippen LogP contribution < -0.4 is 5.32 Å². The maximum absolute atomic E-state index is 12.0. The largest absolute Gasteiger partial charge is 0.480 e. The molecule has 0 spiro atoms.